The number of hydrogen-bond donors (Lipinski definition) is 2. The quantitative estimate of drug-likeness (QED) is 0.764. The van der Waals surface area contributed by atoms with Crippen LogP contribution in [0.5, 0.6) is 5.75 Å². The van der Waals surface area contributed by atoms with E-state index in [-0.39, 0.29) is 5.69 Å². The van der Waals surface area contributed by atoms with Crippen molar-refractivity contribution in [2.45, 2.75) is 0 Å². The molecule has 1 aromatic carbocycles. The maximum atomic E-state index is 12.4. The van der Waals surface area contributed by atoms with Crippen LogP contribution >= 0.6 is 0 Å². The summed E-state index contributed by atoms with van der Waals surface area (Å²) in [5.74, 6) is -0.0538. The van der Waals surface area contributed by atoms with Crippen LogP contribution in [0.15, 0.2) is 47.5 Å². The molecule has 2 aromatic heterocycles. The number of benzene rings is 1. The zero-order valence-corrected chi connectivity index (χ0v) is 11.7. The largest absolute Gasteiger partial charge is 0.497 e. The van der Waals surface area contributed by atoms with Gasteiger partial charge in [0.05, 0.1) is 18.0 Å². The van der Waals surface area contributed by atoms with Gasteiger partial charge in [0.25, 0.3) is 5.91 Å². The number of hydrogen-bond acceptors (Lipinski definition) is 5. The molecule has 7 heteroatoms. The fourth-order valence-corrected chi connectivity index (χ4v) is 2.01. The molecule has 0 fully saturated rings. The van der Waals surface area contributed by atoms with Crippen molar-refractivity contribution >= 4 is 22.5 Å². The molecule has 0 saturated heterocycles. The fourth-order valence-electron chi connectivity index (χ4n) is 2.01. The van der Waals surface area contributed by atoms with Gasteiger partial charge in [-0.25, -0.2) is 0 Å². The minimum atomic E-state index is -0.586. The molecule has 0 radical (unpaired) electrons. The molecule has 110 valence electrons. The Balaban J connectivity index is 2.02. The number of methoxy groups -OCH3 is 1. The van der Waals surface area contributed by atoms with Gasteiger partial charge in [-0.15, -0.1) is 0 Å². The van der Waals surface area contributed by atoms with Crippen molar-refractivity contribution in [2.24, 2.45) is 0 Å². The van der Waals surface area contributed by atoms with Gasteiger partial charge in [0.1, 0.15) is 5.75 Å². The Kier molecular flexibility index (Phi) is 3.53. The first-order valence-electron chi connectivity index (χ1n) is 6.47. The molecule has 0 aliphatic carbocycles. The molecule has 3 aromatic rings. The number of aromatic amines is 1. The minimum Gasteiger partial charge on any atom is -0.497 e. The highest BCUT2D eigenvalue weighted by Gasteiger charge is 2.15. The number of carbonyl (C=O) groups is 1. The Labute approximate surface area is 125 Å². The highest BCUT2D eigenvalue weighted by molar-refractivity contribution is 6.04. The lowest BCUT2D eigenvalue weighted by Crippen LogP contribution is -2.24. The predicted molar refractivity (Wildman–Crippen MR) is 81.1 cm³/mol. The van der Waals surface area contributed by atoms with E-state index >= 15 is 0 Å². The molecule has 0 saturated carbocycles. The van der Waals surface area contributed by atoms with E-state index < -0.39 is 11.3 Å². The molecule has 22 heavy (non-hydrogen) atoms. The summed E-state index contributed by atoms with van der Waals surface area (Å²) in [6, 6.07) is 8.19. The number of nitrogens with zero attached hydrogens (tertiary/aromatic N) is 2. The molecular formula is C15H12N4O3. The highest BCUT2D eigenvalue weighted by Crippen LogP contribution is 2.16. The maximum absolute atomic E-state index is 12.4. The zero-order chi connectivity index (χ0) is 15.5. The molecule has 2 heterocycles. The molecular weight excluding hydrogens is 284 g/mol. The number of nitrogens with one attached hydrogen (secondary N) is 2. The van der Waals surface area contributed by atoms with Crippen molar-refractivity contribution in [1.82, 2.24) is 15.2 Å². The van der Waals surface area contributed by atoms with Crippen LogP contribution in [-0.4, -0.2) is 28.2 Å². The summed E-state index contributed by atoms with van der Waals surface area (Å²) in [6.45, 7) is 0. The standard InChI is InChI=1S/C15H12N4O3/c1-22-10-2-3-12-11(8-10)14(20)13(19-18-12)15(21)17-9-4-6-16-7-5-9/h2-8H,1H3,(H,18,20)(H,16,17,21). The van der Waals surface area contributed by atoms with Crippen LogP contribution in [0, 0.1) is 0 Å². The molecule has 1 amide bonds. The van der Waals surface area contributed by atoms with E-state index in [1.165, 1.54) is 7.11 Å². The molecule has 3 rings (SSSR count). The normalized spacial score (nSPS) is 10.4. The lowest BCUT2D eigenvalue weighted by atomic mass is 10.2. The summed E-state index contributed by atoms with van der Waals surface area (Å²) in [5, 5.41) is 9.49. The third-order valence-corrected chi connectivity index (χ3v) is 3.13. The van der Waals surface area contributed by atoms with Crippen molar-refractivity contribution in [3.05, 3.63) is 58.6 Å². The summed E-state index contributed by atoms with van der Waals surface area (Å²) in [6.07, 6.45) is 3.08. The third kappa shape index (κ3) is 2.51. The molecule has 0 spiro atoms. The number of rotatable bonds is 3. The van der Waals surface area contributed by atoms with Gasteiger partial charge in [-0.3, -0.25) is 19.7 Å². The Morgan fingerprint density at radius 2 is 2.00 bits per heavy atom. The van der Waals surface area contributed by atoms with Gasteiger partial charge in [0.15, 0.2) is 5.69 Å². The van der Waals surface area contributed by atoms with E-state index in [1.54, 1.807) is 42.7 Å². The van der Waals surface area contributed by atoms with Gasteiger partial charge in [0, 0.05) is 18.1 Å². The molecule has 0 unspecified atom stereocenters. The topological polar surface area (TPSA) is 97.0 Å². The second-order valence-corrected chi connectivity index (χ2v) is 4.50. The molecule has 0 aliphatic rings. The van der Waals surface area contributed by atoms with Crippen molar-refractivity contribution < 1.29 is 9.53 Å². The second kappa shape index (κ2) is 5.65. The third-order valence-electron chi connectivity index (χ3n) is 3.13. The predicted octanol–water partition coefficient (Wildman–Crippen LogP) is 1.58. The van der Waals surface area contributed by atoms with Crippen LogP contribution in [0.2, 0.25) is 0 Å². The number of fused-ring (bicyclic) bond motifs is 1. The Morgan fingerprint density at radius 3 is 2.73 bits per heavy atom. The number of anilines is 1. The first kappa shape index (κ1) is 13.7. The van der Waals surface area contributed by atoms with Crippen LogP contribution in [-0.2, 0) is 0 Å². The van der Waals surface area contributed by atoms with Crippen molar-refractivity contribution in [3.8, 4) is 5.75 Å². The first-order valence-corrected chi connectivity index (χ1v) is 6.47. The number of aromatic nitrogens is 3. The van der Waals surface area contributed by atoms with Crippen LogP contribution in [0.3, 0.4) is 0 Å². The van der Waals surface area contributed by atoms with Crippen LogP contribution in [0.1, 0.15) is 10.5 Å². The van der Waals surface area contributed by atoms with E-state index in [0.717, 1.165) is 0 Å². The summed E-state index contributed by atoms with van der Waals surface area (Å²) >= 11 is 0. The summed E-state index contributed by atoms with van der Waals surface area (Å²) in [4.78, 5) is 28.5. The Morgan fingerprint density at radius 1 is 1.23 bits per heavy atom. The number of carbonyl (C=O) groups excluding carboxylic acids is 1. The van der Waals surface area contributed by atoms with E-state index in [2.05, 4.69) is 20.5 Å². The van der Waals surface area contributed by atoms with Gasteiger partial charge < -0.3 is 10.1 Å². The molecule has 7 nitrogen and oxygen atoms in total. The molecule has 0 atom stereocenters. The van der Waals surface area contributed by atoms with Crippen molar-refractivity contribution in [2.75, 3.05) is 12.4 Å². The first-order chi connectivity index (χ1) is 10.7. The number of H-pyrrole nitrogens is 1. The Hall–Kier alpha value is -3.22. The maximum Gasteiger partial charge on any atom is 0.280 e. The molecule has 2 N–H and O–H groups in total. The van der Waals surface area contributed by atoms with E-state index in [0.29, 0.717) is 22.3 Å². The average Bonchev–Trinajstić information content (AvgIpc) is 2.56. The zero-order valence-electron chi connectivity index (χ0n) is 11.7. The SMILES string of the molecule is COc1ccc2[nH]nc(C(=O)Nc3ccncc3)c(=O)c2c1. The van der Waals surface area contributed by atoms with Gasteiger partial charge in [-0.2, -0.15) is 5.10 Å². The van der Waals surface area contributed by atoms with Gasteiger partial charge in [0.2, 0.25) is 5.43 Å². The smallest absolute Gasteiger partial charge is 0.280 e. The number of ether oxygens (including phenoxy) is 1. The summed E-state index contributed by atoms with van der Waals surface area (Å²) in [5.41, 5.74) is 0.398. The van der Waals surface area contributed by atoms with Gasteiger partial charge >= 0.3 is 0 Å². The average molecular weight is 296 g/mol. The summed E-state index contributed by atoms with van der Waals surface area (Å²) < 4.78 is 5.09. The van der Waals surface area contributed by atoms with Crippen LogP contribution < -0.4 is 15.5 Å². The van der Waals surface area contributed by atoms with Crippen molar-refractivity contribution in [1.29, 1.82) is 0 Å². The van der Waals surface area contributed by atoms with Crippen molar-refractivity contribution in [3.63, 3.8) is 0 Å². The van der Waals surface area contributed by atoms with Gasteiger partial charge in [-0.05, 0) is 30.3 Å². The molecule has 0 aliphatic heterocycles. The summed E-state index contributed by atoms with van der Waals surface area (Å²) in [7, 11) is 1.51. The Bertz CT molecular complexity index is 890. The molecule has 0 bridgehead atoms. The monoisotopic (exact) mass is 296 g/mol. The van der Waals surface area contributed by atoms with E-state index in [1.807, 2.05) is 0 Å². The van der Waals surface area contributed by atoms with E-state index in [9.17, 15) is 9.59 Å². The van der Waals surface area contributed by atoms with Crippen LogP contribution in [0.25, 0.3) is 10.9 Å². The van der Waals surface area contributed by atoms with Crippen LogP contribution in [0.4, 0.5) is 5.69 Å². The highest BCUT2D eigenvalue weighted by atomic mass is 16.5. The van der Waals surface area contributed by atoms with Gasteiger partial charge in [-0.1, -0.05) is 0 Å². The lowest BCUT2D eigenvalue weighted by molar-refractivity contribution is 0.102. The second-order valence-electron chi connectivity index (χ2n) is 4.50. The number of pyridine rings is 1. The van der Waals surface area contributed by atoms with E-state index in [4.69, 9.17) is 4.74 Å². The lowest BCUT2D eigenvalue weighted by Gasteiger charge is -2.05. The number of amides is 1. The fraction of sp³-hybridized carbons (Fsp3) is 0.0667. The minimum absolute atomic E-state index is 0.211.